The molecule has 0 radical (unpaired) electrons. The number of carbonyl (C=O) groups is 1. The van der Waals surface area contributed by atoms with E-state index in [9.17, 15) is 13.6 Å². The fraction of sp³-hybridized carbons (Fsp3) is 0.381. The van der Waals surface area contributed by atoms with Crippen molar-refractivity contribution in [2.45, 2.75) is 32.0 Å². The zero-order valence-corrected chi connectivity index (χ0v) is 15.4. The molecule has 7 heteroatoms. The van der Waals surface area contributed by atoms with Crippen molar-refractivity contribution in [2.75, 3.05) is 19.7 Å². The van der Waals surface area contributed by atoms with Gasteiger partial charge < -0.3 is 14.8 Å². The highest BCUT2D eigenvalue weighted by Gasteiger charge is 2.24. The molecule has 28 heavy (non-hydrogen) atoms. The summed E-state index contributed by atoms with van der Waals surface area (Å²) in [6.45, 7) is -0.719. The average Bonchev–Trinajstić information content (AvgIpc) is 2.67. The number of fused-ring (bicyclic) bond motifs is 2. The Morgan fingerprint density at radius 2 is 2.11 bits per heavy atom. The number of carbonyl (C=O) groups excluding carboxylic acids is 1. The van der Waals surface area contributed by atoms with Gasteiger partial charge in [-0.1, -0.05) is 24.3 Å². The standard InChI is InChI=1S/C21H22F2N2O3/c22-21(23)28-16-6-5-14-7-9-25(12-15(14)11-16)13-20(26)24-18-8-10-27-19-4-2-1-3-17(18)19/h1-6,11,18,21H,7-10,12-13H2,(H,24,26). The third kappa shape index (κ3) is 4.25. The highest BCUT2D eigenvalue weighted by atomic mass is 19.3. The molecule has 2 aromatic rings. The van der Waals surface area contributed by atoms with E-state index in [0.29, 0.717) is 13.2 Å². The zero-order valence-electron chi connectivity index (χ0n) is 15.4. The summed E-state index contributed by atoms with van der Waals surface area (Å²) in [5, 5.41) is 3.10. The van der Waals surface area contributed by atoms with Gasteiger partial charge >= 0.3 is 6.61 Å². The molecule has 1 unspecified atom stereocenters. The molecule has 0 aromatic heterocycles. The summed E-state index contributed by atoms with van der Waals surface area (Å²) in [5.74, 6) is 0.918. The summed E-state index contributed by atoms with van der Waals surface area (Å²) >= 11 is 0. The predicted octanol–water partition coefficient (Wildman–Crippen LogP) is 3.29. The van der Waals surface area contributed by atoms with Gasteiger partial charge in [0, 0.05) is 25.1 Å². The number of ether oxygens (including phenoxy) is 2. The van der Waals surface area contributed by atoms with E-state index in [4.69, 9.17) is 4.74 Å². The van der Waals surface area contributed by atoms with Crippen LogP contribution in [0.5, 0.6) is 11.5 Å². The van der Waals surface area contributed by atoms with Crippen LogP contribution in [0.15, 0.2) is 42.5 Å². The van der Waals surface area contributed by atoms with Crippen molar-refractivity contribution < 1.29 is 23.0 Å². The molecule has 0 fully saturated rings. The fourth-order valence-corrected chi connectivity index (χ4v) is 3.84. The minimum atomic E-state index is -2.84. The van der Waals surface area contributed by atoms with E-state index in [0.717, 1.165) is 41.8 Å². The topological polar surface area (TPSA) is 50.8 Å². The number of hydrogen-bond acceptors (Lipinski definition) is 4. The van der Waals surface area contributed by atoms with Crippen molar-refractivity contribution in [3.05, 3.63) is 59.2 Å². The van der Waals surface area contributed by atoms with Crippen LogP contribution >= 0.6 is 0 Å². The van der Waals surface area contributed by atoms with Gasteiger partial charge in [0.05, 0.1) is 19.2 Å². The van der Waals surface area contributed by atoms with Crippen LogP contribution in [0.4, 0.5) is 8.78 Å². The smallest absolute Gasteiger partial charge is 0.387 e. The van der Waals surface area contributed by atoms with Gasteiger partial charge in [-0.25, -0.2) is 0 Å². The highest BCUT2D eigenvalue weighted by molar-refractivity contribution is 5.78. The van der Waals surface area contributed by atoms with Crippen molar-refractivity contribution in [3.63, 3.8) is 0 Å². The molecule has 0 saturated carbocycles. The number of para-hydroxylation sites is 1. The molecule has 2 aliphatic heterocycles. The fourth-order valence-electron chi connectivity index (χ4n) is 3.84. The number of amides is 1. The molecule has 1 amide bonds. The van der Waals surface area contributed by atoms with Gasteiger partial charge in [0.25, 0.3) is 0 Å². The summed E-state index contributed by atoms with van der Waals surface area (Å²) < 4.78 is 35.0. The van der Waals surface area contributed by atoms with Gasteiger partial charge in [0.1, 0.15) is 11.5 Å². The molecule has 0 bridgehead atoms. The number of nitrogens with one attached hydrogen (secondary N) is 1. The van der Waals surface area contributed by atoms with Crippen LogP contribution in [0.25, 0.3) is 0 Å². The Labute approximate surface area is 162 Å². The van der Waals surface area contributed by atoms with Crippen molar-refractivity contribution in [1.29, 1.82) is 0 Å². The summed E-state index contributed by atoms with van der Waals surface area (Å²) in [7, 11) is 0. The lowest BCUT2D eigenvalue weighted by molar-refractivity contribution is -0.123. The first-order valence-electron chi connectivity index (χ1n) is 9.38. The third-order valence-electron chi connectivity index (χ3n) is 5.16. The van der Waals surface area contributed by atoms with Crippen LogP contribution in [0.1, 0.15) is 29.2 Å². The molecule has 5 nitrogen and oxygen atoms in total. The molecule has 1 N–H and O–H groups in total. The highest BCUT2D eigenvalue weighted by Crippen LogP contribution is 2.31. The van der Waals surface area contributed by atoms with E-state index in [1.54, 1.807) is 12.1 Å². The number of halogens is 2. The molecular weight excluding hydrogens is 366 g/mol. The van der Waals surface area contributed by atoms with Gasteiger partial charge in [0.2, 0.25) is 5.91 Å². The first kappa shape index (κ1) is 18.7. The Bertz CT molecular complexity index is 859. The van der Waals surface area contributed by atoms with Gasteiger partial charge in [-0.15, -0.1) is 0 Å². The SMILES string of the molecule is O=C(CN1CCc2ccc(OC(F)F)cc2C1)NC1CCOc2ccccc21. The maximum absolute atomic E-state index is 12.6. The Balaban J connectivity index is 1.37. The number of hydrogen-bond donors (Lipinski definition) is 1. The van der Waals surface area contributed by atoms with E-state index < -0.39 is 6.61 Å². The van der Waals surface area contributed by atoms with E-state index >= 15 is 0 Å². The summed E-state index contributed by atoms with van der Waals surface area (Å²) in [6, 6.07) is 12.7. The van der Waals surface area contributed by atoms with E-state index in [1.807, 2.05) is 35.2 Å². The van der Waals surface area contributed by atoms with Crippen LogP contribution in [0.2, 0.25) is 0 Å². The maximum Gasteiger partial charge on any atom is 0.387 e. The summed E-state index contributed by atoms with van der Waals surface area (Å²) in [5.41, 5.74) is 3.03. The Hall–Kier alpha value is -2.67. The third-order valence-corrected chi connectivity index (χ3v) is 5.16. The lowest BCUT2D eigenvalue weighted by atomic mass is 9.99. The van der Waals surface area contributed by atoms with Crippen molar-refractivity contribution in [3.8, 4) is 11.5 Å². The molecular formula is C21H22F2N2O3. The normalized spacial score (nSPS) is 18.8. The minimum absolute atomic E-state index is 0.0508. The molecule has 0 aliphatic carbocycles. The van der Waals surface area contributed by atoms with Crippen LogP contribution < -0.4 is 14.8 Å². The molecule has 2 heterocycles. The number of benzene rings is 2. The van der Waals surface area contributed by atoms with E-state index in [1.165, 1.54) is 0 Å². The molecule has 1 atom stereocenters. The molecule has 2 aliphatic rings. The number of rotatable bonds is 5. The monoisotopic (exact) mass is 388 g/mol. The van der Waals surface area contributed by atoms with Crippen LogP contribution in [-0.2, 0) is 17.8 Å². The van der Waals surface area contributed by atoms with E-state index in [2.05, 4.69) is 10.1 Å². The second kappa shape index (κ2) is 8.14. The number of alkyl halides is 2. The summed E-state index contributed by atoms with van der Waals surface area (Å²) in [4.78, 5) is 14.6. The van der Waals surface area contributed by atoms with Crippen molar-refractivity contribution in [1.82, 2.24) is 10.2 Å². The average molecular weight is 388 g/mol. The van der Waals surface area contributed by atoms with E-state index in [-0.39, 0.29) is 24.2 Å². The van der Waals surface area contributed by atoms with Crippen molar-refractivity contribution in [2.24, 2.45) is 0 Å². The van der Waals surface area contributed by atoms with Crippen LogP contribution in [0.3, 0.4) is 0 Å². The molecule has 0 spiro atoms. The molecule has 2 aromatic carbocycles. The Morgan fingerprint density at radius 3 is 2.96 bits per heavy atom. The van der Waals surface area contributed by atoms with Gasteiger partial charge in [0.15, 0.2) is 0 Å². The Kier molecular flexibility index (Phi) is 5.43. The molecule has 148 valence electrons. The molecule has 4 rings (SSSR count). The quantitative estimate of drug-likeness (QED) is 0.854. The minimum Gasteiger partial charge on any atom is -0.493 e. The van der Waals surface area contributed by atoms with Crippen LogP contribution in [0, 0.1) is 0 Å². The predicted molar refractivity (Wildman–Crippen MR) is 99.5 cm³/mol. The lowest BCUT2D eigenvalue weighted by Gasteiger charge is -2.30. The van der Waals surface area contributed by atoms with Gasteiger partial charge in [-0.2, -0.15) is 8.78 Å². The number of nitrogens with zero attached hydrogens (tertiary/aromatic N) is 1. The zero-order chi connectivity index (χ0) is 19.5. The Morgan fingerprint density at radius 1 is 1.25 bits per heavy atom. The first-order chi connectivity index (χ1) is 13.6. The summed E-state index contributed by atoms with van der Waals surface area (Å²) in [6.07, 6.45) is 1.51. The largest absolute Gasteiger partial charge is 0.493 e. The lowest BCUT2D eigenvalue weighted by Crippen LogP contribution is -2.42. The molecule has 0 saturated heterocycles. The first-order valence-corrected chi connectivity index (χ1v) is 9.38. The van der Waals surface area contributed by atoms with Gasteiger partial charge in [-0.3, -0.25) is 9.69 Å². The van der Waals surface area contributed by atoms with Crippen LogP contribution in [-0.4, -0.2) is 37.1 Å². The van der Waals surface area contributed by atoms with Gasteiger partial charge in [-0.05, 0) is 35.7 Å². The second-order valence-corrected chi connectivity index (χ2v) is 7.06. The van der Waals surface area contributed by atoms with Crippen molar-refractivity contribution >= 4 is 5.91 Å². The maximum atomic E-state index is 12.6. The second-order valence-electron chi connectivity index (χ2n) is 7.06.